The maximum absolute atomic E-state index is 12.5. The van der Waals surface area contributed by atoms with E-state index in [0.29, 0.717) is 18.4 Å². The summed E-state index contributed by atoms with van der Waals surface area (Å²) in [4.78, 5) is 0. The average molecular weight is 252 g/mol. The third kappa shape index (κ3) is 3.68. The lowest BCUT2D eigenvalue weighted by Gasteiger charge is -2.11. The summed E-state index contributed by atoms with van der Waals surface area (Å²) >= 11 is 5.50. The lowest BCUT2D eigenvalue weighted by Crippen LogP contribution is -2.15. The molecule has 16 heavy (non-hydrogen) atoms. The van der Waals surface area contributed by atoms with Crippen molar-refractivity contribution in [2.24, 2.45) is 5.73 Å². The predicted molar refractivity (Wildman–Crippen MR) is 58.4 cm³/mol. The molecule has 0 spiro atoms. The number of rotatable bonds is 3. The number of alkyl halides is 3. The summed E-state index contributed by atoms with van der Waals surface area (Å²) in [7, 11) is 0. The third-order valence-corrected chi connectivity index (χ3v) is 2.55. The molecule has 1 nitrogen and oxygen atoms in total. The molecule has 0 aliphatic carbocycles. The molecule has 2 N–H and O–H groups in total. The zero-order valence-electron chi connectivity index (χ0n) is 8.81. The van der Waals surface area contributed by atoms with Crippen LogP contribution in [-0.2, 0) is 12.6 Å². The van der Waals surface area contributed by atoms with Gasteiger partial charge >= 0.3 is 6.18 Å². The van der Waals surface area contributed by atoms with Crippen molar-refractivity contribution in [2.75, 3.05) is 0 Å². The van der Waals surface area contributed by atoms with Gasteiger partial charge in [0.1, 0.15) is 0 Å². The van der Waals surface area contributed by atoms with Crippen molar-refractivity contribution in [2.45, 2.75) is 32.0 Å². The van der Waals surface area contributed by atoms with Gasteiger partial charge in [0, 0.05) is 6.04 Å². The summed E-state index contributed by atoms with van der Waals surface area (Å²) in [6.45, 7) is 1.82. The van der Waals surface area contributed by atoms with E-state index in [2.05, 4.69) is 0 Å². The van der Waals surface area contributed by atoms with Gasteiger partial charge in [0.05, 0.1) is 10.6 Å². The molecule has 0 heterocycles. The van der Waals surface area contributed by atoms with E-state index < -0.39 is 11.7 Å². The van der Waals surface area contributed by atoms with Crippen molar-refractivity contribution in [1.29, 1.82) is 0 Å². The second-order valence-corrected chi connectivity index (χ2v) is 4.24. The molecule has 0 saturated carbocycles. The minimum absolute atomic E-state index is 0.0231. The second kappa shape index (κ2) is 5.06. The maximum Gasteiger partial charge on any atom is 0.417 e. The molecule has 1 rings (SSSR count). The van der Waals surface area contributed by atoms with Crippen LogP contribution in [0, 0.1) is 0 Å². The zero-order valence-corrected chi connectivity index (χ0v) is 9.57. The van der Waals surface area contributed by atoms with Crippen LogP contribution in [0.5, 0.6) is 0 Å². The molecule has 0 radical (unpaired) electrons. The maximum atomic E-state index is 12.5. The first-order chi connectivity index (χ1) is 7.30. The van der Waals surface area contributed by atoms with Crippen molar-refractivity contribution in [3.63, 3.8) is 0 Å². The summed E-state index contributed by atoms with van der Waals surface area (Å²) in [5.74, 6) is 0. The number of hydrogen-bond donors (Lipinski definition) is 1. The van der Waals surface area contributed by atoms with Gasteiger partial charge in [-0.3, -0.25) is 0 Å². The van der Waals surface area contributed by atoms with Crippen molar-refractivity contribution < 1.29 is 13.2 Å². The molecule has 1 atom stereocenters. The molecule has 1 aromatic carbocycles. The first kappa shape index (κ1) is 13.3. The van der Waals surface area contributed by atoms with E-state index in [9.17, 15) is 13.2 Å². The first-order valence-corrected chi connectivity index (χ1v) is 5.29. The standard InChI is InChI=1S/C11H13ClF3N/c1-7(16)2-3-8-4-5-10(12)9(6-8)11(13,14)15/h4-7H,2-3,16H2,1H3/t7-/m0/s1. The molecule has 0 aliphatic heterocycles. The average Bonchev–Trinajstić information content (AvgIpc) is 2.14. The minimum Gasteiger partial charge on any atom is -0.328 e. The molecule has 0 amide bonds. The van der Waals surface area contributed by atoms with Gasteiger partial charge in [-0.1, -0.05) is 17.7 Å². The van der Waals surface area contributed by atoms with Crippen molar-refractivity contribution in [3.8, 4) is 0 Å². The van der Waals surface area contributed by atoms with Crippen LogP contribution in [0.2, 0.25) is 5.02 Å². The van der Waals surface area contributed by atoms with Crippen LogP contribution < -0.4 is 5.73 Å². The van der Waals surface area contributed by atoms with E-state index in [0.717, 1.165) is 6.07 Å². The SMILES string of the molecule is C[C@H](N)CCc1ccc(Cl)c(C(F)(F)F)c1. The van der Waals surface area contributed by atoms with Crippen LogP contribution in [0.4, 0.5) is 13.2 Å². The van der Waals surface area contributed by atoms with Gasteiger partial charge in [0.15, 0.2) is 0 Å². The molecule has 0 fully saturated rings. The second-order valence-electron chi connectivity index (χ2n) is 3.83. The highest BCUT2D eigenvalue weighted by atomic mass is 35.5. The van der Waals surface area contributed by atoms with Crippen molar-refractivity contribution in [3.05, 3.63) is 34.3 Å². The Morgan fingerprint density at radius 2 is 2.00 bits per heavy atom. The summed E-state index contributed by atoms with van der Waals surface area (Å²) in [6.07, 6.45) is -3.22. The Bertz CT molecular complexity index is 361. The minimum atomic E-state index is -4.40. The highest BCUT2D eigenvalue weighted by molar-refractivity contribution is 6.31. The summed E-state index contributed by atoms with van der Waals surface area (Å²) in [5, 5.41) is -0.267. The van der Waals surface area contributed by atoms with Crippen LogP contribution in [0.3, 0.4) is 0 Å². The Labute approximate surface area is 97.4 Å². The van der Waals surface area contributed by atoms with E-state index in [1.54, 1.807) is 6.07 Å². The molecule has 0 unspecified atom stereocenters. The lowest BCUT2D eigenvalue weighted by atomic mass is 10.0. The highest BCUT2D eigenvalue weighted by Crippen LogP contribution is 2.35. The van der Waals surface area contributed by atoms with Gasteiger partial charge in [-0.25, -0.2) is 0 Å². The molecule has 1 aromatic rings. The van der Waals surface area contributed by atoms with Crippen LogP contribution in [-0.4, -0.2) is 6.04 Å². The van der Waals surface area contributed by atoms with Crippen molar-refractivity contribution in [1.82, 2.24) is 0 Å². The predicted octanol–water partition coefficient (Wildman–Crippen LogP) is 3.64. The quantitative estimate of drug-likeness (QED) is 0.872. The molecule has 0 bridgehead atoms. The monoisotopic (exact) mass is 251 g/mol. The Hall–Kier alpha value is -0.740. The highest BCUT2D eigenvalue weighted by Gasteiger charge is 2.33. The summed E-state index contributed by atoms with van der Waals surface area (Å²) in [5.41, 5.74) is 5.37. The normalized spacial score (nSPS) is 13.9. The van der Waals surface area contributed by atoms with Crippen molar-refractivity contribution >= 4 is 11.6 Å². The number of aryl methyl sites for hydroxylation is 1. The van der Waals surface area contributed by atoms with Gasteiger partial charge in [0.25, 0.3) is 0 Å². The van der Waals surface area contributed by atoms with E-state index in [-0.39, 0.29) is 11.1 Å². The number of halogens is 4. The molecule has 0 aromatic heterocycles. The molecule has 5 heteroatoms. The Kier molecular flexibility index (Phi) is 4.21. The van der Waals surface area contributed by atoms with E-state index in [4.69, 9.17) is 17.3 Å². The lowest BCUT2D eigenvalue weighted by molar-refractivity contribution is -0.137. The number of hydrogen-bond acceptors (Lipinski definition) is 1. The van der Waals surface area contributed by atoms with Gasteiger partial charge in [0.2, 0.25) is 0 Å². The van der Waals surface area contributed by atoms with Crippen LogP contribution in [0.25, 0.3) is 0 Å². The third-order valence-electron chi connectivity index (χ3n) is 2.22. The van der Waals surface area contributed by atoms with Crippen LogP contribution in [0.1, 0.15) is 24.5 Å². The Morgan fingerprint density at radius 3 is 2.50 bits per heavy atom. The number of benzene rings is 1. The fraction of sp³-hybridized carbons (Fsp3) is 0.455. The van der Waals surface area contributed by atoms with Gasteiger partial charge in [-0.15, -0.1) is 0 Å². The van der Waals surface area contributed by atoms with E-state index in [1.165, 1.54) is 6.07 Å². The summed E-state index contributed by atoms with van der Waals surface area (Å²) < 4.78 is 37.6. The van der Waals surface area contributed by atoms with E-state index in [1.807, 2.05) is 6.92 Å². The molecule has 0 saturated heterocycles. The molecular formula is C11H13ClF3N. The fourth-order valence-electron chi connectivity index (χ4n) is 1.34. The Balaban J connectivity index is 2.90. The summed E-state index contributed by atoms with van der Waals surface area (Å²) in [6, 6.07) is 3.94. The Morgan fingerprint density at radius 1 is 1.38 bits per heavy atom. The largest absolute Gasteiger partial charge is 0.417 e. The van der Waals surface area contributed by atoms with E-state index >= 15 is 0 Å². The van der Waals surface area contributed by atoms with Gasteiger partial charge in [-0.2, -0.15) is 13.2 Å². The molecule has 90 valence electrons. The molecule has 0 aliphatic rings. The fourth-order valence-corrected chi connectivity index (χ4v) is 1.56. The van der Waals surface area contributed by atoms with Gasteiger partial charge < -0.3 is 5.73 Å². The first-order valence-electron chi connectivity index (χ1n) is 4.92. The zero-order chi connectivity index (χ0) is 12.3. The topological polar surface area (TPSA) is 26.0 Å². The smallest absolute Gasteiger partial charge is 0.328 e. The van der Waals surface area contributed by atoms with Crippen LogP contribution in [0.15, 0.2) is 18.2 Å². The number of nitrogens with two attached hydrogens (primary N) is 1. The van der Waals surface area contributed by atoms with Crippen LogP contribution >= 0.6 is 11.6 Å². The van der Waals surface area contributed by atoms with Gasteiger partial charge in [-0.05, 0) is 37.5 Å². The molecular weight excluding hydrogens is 239 g/mol.